The van der Waals surface area contributed by atoms with Crippen molar-refractivity contribution in [1.82, 2.24) is 0 Å². The van der Waals surface area contributed by atoms with Gasteiger partial charge in [0, 0.05) is 0 Å². The van der Waals surface area contributed by atoms with E-state index < -0.39 is 0 Å². The van der Waals surface area contributed by atoms with E-state index in [1.807, 2.05) is 36.3 Å². The van der Waals surface area contributed by atoms with Gasteiger partial charge in [-0.15, -0.1) is 0 Å². The third kappa shape index (κ3) is 1.72. The second kappa shape index (κ2) is 3.08. The van der Waals surface area contributed by atoms with Gasteiger partial charge in [-0.3, -0.25) is 0 Å². The SMILES string of the molecule is NB=Cc1ccccc1. The average Bonchev–Trinajstić information content (AvgIpc) is 1.91. The average molecular weight is 117 g/mol. The van der Waals surface area contributed by atoms with E-state index in [-0.39, 0.29) is 0 Å². The van der Waals surface area contributed by atoms with E-state index in [0.717, 1.165) is 5.56 Å². The van der Waals surface area contributed by atoms with Crippen LogP contribution >= 0.6 is 0 Å². The number of benzene rings is 1. The fourth-order valence-corrected chi connectivity index (χ4v) is 0.675. The molecular formula is C7H8BN. The molecule has 0 radical (unpaired) electrons. The predicted molar refractivity (Wildman–Crippen MR) is 41.5 cm³/mol. The molecule has 2 heteroatoms. The molecule has 0 unspecified atom stereocenters. The van der Waals surface area contributed by atoms with Crippen LogP contribution in [-0.2, 0) is 0 Å². The van der Waals surface area contributed by atoms with Crippen LogP contribution in [0, 0.1) is 0 Å². The molecule has 0 aliphatic rings. The Labute approximate surface area is 55.4 Å². The van der Waals surface area contributed by atoms with Gasteiger partial charge in [-0.2, -0.15) is 0 Å². The van der Waals surface area contributed by atoms with Crippen LogP contribution in [0.3, 0.4) is 0 Å². The van der Waals surface area contributed by atoms with Gasteiger partial charge in [0.15, 0.2) is 0 Å². The fraction of sp³-hybridized carbons (Fsp3) is 0. The van der Waals surface area contributed by atoms with Crippen molar-refractivity contribution < 1.29 is 0 Å². The molecule has 0 heterocycles. The fourth-order valence-electron chi connectivity index (χ4n) is 0.675. The Kier molecular flexibility index (Phi) is 2.08. The Morgan fingerprint density at radius 1 is 1.22 bits per heavy atom. The van der Waals surface area contributed by atoms with E-state index in [2.05, 4.69) is 0 Å². The van der Waals surface area contributed by atoms with Gasteiger partial charge >= 0.3 is 54.6 Å². The summed E-state index contributed by atoms with van der Waals surface area (Å²) in [5.41, 5.74) is 6.32. The zero-order chi connectivity index (χ0) is 6.53. The first-order valence-corrected chi connectivity index (χ1v) is 2.87. The summed E-state index contributed by atoms with van der Waals surface area (Å²) in [6.45, 7) is 0. The summed E-state index contributed by atoms with van der Waals surface area (Å²) >= 11 is 0. The van der Waals surface area contributed by atoms with Crippen molar-refractivity contribution in [2.45, 2.75) is 0 Å². The van der Waals surface area contributed by atoms with Crippen LogP contribution in [0.5, 0.6) is 0 Å². The summed E-state index contributed by atoms with van der Waals surface area (Å²) in [5.74, 6) is 1.86. The van der Waals surface area contributed by atoms with Gasteiger partial charge in [0.1, 0.15) is 0 Å². The van der Waals surface area contributed by atoms with Gasteiger partial charge in [0.05, 0.1) is 0 Å². The zero-order valence-corrected chi connectivity index (χ0v) is 5.12. The predicted octanol–water partition coefficient (Wildman–Crippen LogP) is 0.415. The molecule has 1 aromatic rings. The molecule has 0 aliphatic heterocycles. The van der Waals surface area contributed by atoms with Gasteiger partial charge in [-0.1, -0.05) is 0 Å². The van der Waals surface area contributed by atoms with Crippen molar-refractivity contribution in [1.29, 1.82) is 0 Å². The molecule has 0 saturated heterocycles. The van der Waals surface area contributed by atoms with E-state index in [1.54, 1.807) is 0 Å². The van der Waals surface area contributed by atoms with Crippen LogP contribution in [-0.4, -0.2) is 13.0 Å². The van der Waals surface area contributed by atoms with Gasteiger partial charge in [-0.25, -0.2) is 0 Å². The second-order valence-corrected chi connectivity index (χ2v) is 1.77. The van der Waals surface area contributed by atoms with E-state index in [9.17, 15) is 0 Å². The molecule has 0 bridgehead atoms. The summed E-state index contributed by atoms with van der Waals surface area (Å²) in [7, 11) is 1.54. The first kappa shape index (κ1) is 6.08. The second-order valence-electron chi connectivity index (χ2n) is 1.77. The Morgan fingerprint density at radius 2 is 1.89 bits per heavy atom. The Hall–Kier alpha value is -1.05. The molecule has 0 aliphatic carbocycles. The normalized spacial score (nSPS) is 9.33. The molecule has 0 atom stereocenters. The van der Waals surface area contributed by atoms with Crippen molar-refractivity contribution in [2.24, 2.45) is 5.64 Å². The third-order valence-corrected chi connectivity index (χ3v) is 1.09. The van der Waals surface area contributed by atoms with Gasteiger partial charge in [0.2, 0.25) is 0 Å². The maximum absolute atomic E-state index is 5.18. The van der Waals surface area contributed by atoms with Crippen molar-refractivity contribution in [2.75, 3.05) is 0 Å². The summed E-state index contributed by atoms with van der Waals surface area (Å²) in [6.07, 6.45) is 0. The summed E-state index contributed by atoms with van der Waals surface area (Å²) in [6, 6.07) is 9.95. The van der Waals surface area contributed by atoms with E-state index in [1.165, 1.54) is 7.06 Å². The molecule has 9 heavy (non-hydrogen) atoms. The monoisotopic (exact) mass is 117 g/mol. The molecule has 44 valence electrons. The zero-order valence-electron chi connectivity index (χ0n) is 5.12. The van der Waals surface area contributed by atoms with Crippen LogP contribution < -0.4 is 5.64 Å². The van der Waals surface area contributed by atoms with Crippen molar-refractivity contribution in [3.05, 3.63) is 35.9 Å². The molecule has 1 rings (SSSR count). The van der Waals surface area contributed by atoms with E-state index >= 15 is 0 Å². The summed E-state index contributed by atoms with van der Waals surface area (Å²) < 4.78 is 0. The Morgan fingerprint density at radius 3 is 2.44 bits per heavy atom. The molecule has 0 saturated carbocycles. The van der Waals surface area contributed by atoms with Gasteiger partial charge in [-0.05, 0) is 0 Å². The third-order valence-electron chi connectivity index (χ3n) is 1.09. The minimum absolute atomic E-state index is 1.14. The first-order valence-electron chi connectivity index (χ1n) is 2.87. The molecule has 0 aromatic heterocycles. The number of hydrogen-bond acceptors (Lipinski definition) is 1. The molecule has 2 N–H and O–H groups in total. The molecule has 1 nitrogen and oxygen atoms in total. The van der Waals surface area contributed by atoms with Gasteiger partial charge in [0.25, 0.3) is 0 Å². The van der Waals surface area contributed by atoms with E-state index in [0.29, 0.717) is 0 Å². The molecule has 0 fully saturated rings. The topological polar surface area (TPSA) is 26.0 Å². The van der Waals surface area contributed by atoms with Crippen molar-refractivity contribution in [3.63, 3.8) is 0 Å². The summed E-state index contributed by atoms with van der Waals surface area (Å²) in [4.78, 5) is 0. The van der Waals surface area contributed by atoms with Crippen LogP contribution in [0.2, 0.25) is 0 Å². The van der Waals surface area contributed by atoms with Crippen LogP contribution in [0.15, 0.2) is 30.3 Å². The number of hydrogen-bond donors (Lipinski definition) is 1. The van der Waals surface area contributed by atoms with E-state index in [4.69, 9.17) is 5.64 Å². The van der Waals surface area contributed by atoms with Crippen LogP contribution in [0.4, 0.5) is 0 Å². The quantitative estimate of drug-likeness (QED) is 0.529. The van der Waals surface area contributed by atoms with Crippen LogP contribution in [0.25, 0.3) is 0 Å². The standard InChI is InChI=1S/C7H8BN/c9-8-6-7-4-2-1-3-5-7/h1-6H,9H2. The molecular weight excluding hydrogens is 109 g/mol. The van der Waals surface area contributed by atoms with Crippen molar-refractivity contribution >= 4 is 13.0 Å². The Bertz CT molecular complexity index is 193. The minimum atomic E-state index is 1.14. The molecule has 0 amide bonds. The molecule has 1 aromatic carbocycles. The van der Waals surface area contributed by atoms with Gasteiger partial charge < -0.3 is 0 Å². The summed E-state index contributed by atoms with van der Waals surface area (Å²) in [5, 5.41) is 0. The molecule has 0 spiro atoms. The Balaban J connectivity index is 2.85. The maximum atomic E-state index is 5.18. The van der Waals surface area contributed by atoms with Crippen LogP contribution in [0.1, 0.15) is 5.56 Å². The number of nitrogens with two attached hydrogens (primary N) is 1. The number of rotatable bonds is 1. The first-order chi connectivity index (χ1) is 4.43. The van der Waals surface area contributed by atoms with Crippen molar-refractivity contribution in [3.8, 4) is 0 Å².